The van der Waals surface area contributed by atoms with Crippen molar-refractivity contribution in [1.29, 1.82) is 5.26 Å². The summed E-state index contributed by atoms with van der Waals surface area (Å²) in [5.41, 5.74) is 13.0. The molecule has 0 aliphatic rings. The van der Waals surface area contributed by atoms with Crippen LogP contribution >= 0.6 is 15.9 Å². The van der Waals surface area contributed by atoms with Crippen LogP contribution in [0.25, 0.3) is 0 Å². The van der Waals surface area contributed by atoms with Gasteiger partial charge in [0.2, 0.25) is 0 Å². The third-order valence-electron chi connectivity index (χ3n) is 1.92. The van der Waals surface area contributed by atoms with Gasteiger partial charge in [-0.05, 0) is 28.9 Å². The number of hydrogen-bond donors (Lipinski definition) is 2. The molecule has 1 aromatic heterocycles. The lowest BCUT2D eigenvalue weighted by atomic mass is 10.1. The van der Waals surface area contributed by atoms with Gasteiger partial charge < -0.3 is 11.5 Å². The van der Waals surface area contributed by atoms with Crippen LogP contribution in [0.15, 0.2) is 10.5 Å². The summed E-state index contributed by atoms with van der Waals surface area (Å²) in [6, 6.07) is 3.45. The van der Waals surface area contributed by atoms with Crippen molar-refractivity contribution < 1.29 is 0 Å². The number of nitrogens with two attached hydrogens (primary N) is 2. The van der Waals surface area contributed by atoms with Crippen LogP contribution in [0.3, 0.4) is 0 Å². The topological polar surface area (TPSA) is 88.7 Å². The second kappa shape index (κ2) is 4.40. The monoisotopic (exact) mass is 254 g/mol. The minimum absolute atomic E-state index is 0.237. The average molecular weight is 255 g/mol. The molecule has 4 N–H and O–H groups in total. The zero-order valence-electron chi connectivity index (χ0n) is 7.79. The maximum atomic E-state index is 8.51. The molecule has 14 heavy (non-hydrogen) atoms. The van der Waals surface area contributed by atoms with Gasteiger partial charge in [-0.2, -0.15) is 5.26 Å². The Morgan fingerprint density at radius 3 is 2.93 bits per heavy atom. The molecule has 1 aromatic rings. The Labute approximate surface area is 91.1 Å². The number of nitriles is 1. The lowest BCUT2D eigenvalue weighted by Crippen LogP contribution is -2.13. The molecule has 0 saturated heterocycles. The predicted octanol–water partition coefficient (Wildman–Crippen LogP) is 1.65. The van der Waals surface area contributed by atoms with Crippen LogP contribution in [0, 0.1) is 18.3 Å². The molecule has 0 saturated carbocycles. The van der Waals surface area contributed by atoms with E-state index in [0.717, 1.165) is 10.2 Å². The summed E-state index contributed by atoms with van der Waals surface area (Å²) in [4.78, 5) is 4.12. The van der Waals surface area contributed by atoms with Gasteiger partial charge in [-0.1, -0.05) is 0 Å². The molecule has 0 radical (unpaired) electrons. The fourth-order valence-corrected chi connectivity index (χ4v) is 1.45. The van der Waals surface area contributed by atoms with Crippen molar-refractivity contribution in [2.45, 2.75) is 19.4 Å². The van der Waals surface area contributed by atoms with Crippen LogP contribution in [-0.2, 0) is 0 Å². The van der Waals surface area contributed by atoms with Gasteiger partial charge in [0.25, 0.3) is 0 Å². The van der Waals surface area contributed by atoms with Gasteiger partial charge in [-0.3, -0.25) is 0 Å². The first-order valence-corrected chi connectivity index (χ1v) is 4.90. The summed E-state index contributed by atoms with van der Waals surface area (Å²) < 4.78 is 0.857. The Hall–Kier alpha value is -1.12. The van der Waals surface area contributed by atoms with Crippen molar-refractivity contribution in [3.05, 3.63) is 21.8 Å². The molecule has 0 aliphatic carbocycles. The Balaban J connectivity index is 3.10. The Morgan fingerprint density at radius 1 is 1.71 bits per heavy atom. The normalized spacial score (nSPS) is 12.1. The van der Waals surface area contributed by atoms with Crippen molar-refractivity contribution in [3.63, 3.8) is 0 Å². The standard InChI is InChI=1S/C9H11BrN4/c1-5-7(10)4-6(9(13)14-5)8(12)2-3-11/h4,8H,2,12H2,1H3,(H2,13,14)/t8-/m0/s1. The molecule has 74 valence electrons. The maximum Gasteiger partial charge on any atom is 0.128 e. The number of anilines is 1. The summed E-state index contributed by atoms with van der Waals surface area (Å²) in [6.07, 6.45) is 0.237. The number of aryl methyl sites for hydroxylation is 1. The van der Waals surface area contributed by atoms with Gasteiger partial charge in [0, 0.05) is 16.1 Å². The highest BCUT2D eigenvalue weighted by Crippen LogP contribution is 2.25. The second-order valence-electron chi connectivity index (χ2n) is 3.00. The number of halogens is 1. The minimum atomic E-state index is -0.371. The van der Waals surface area contributed by atoms with E-state index in [-0.39, 0.29) is 12.5 Å². The molecular weight excluding hydrogens is 244 g/mol. The van der Waals surface area contributed by atoms with Gasteiger partial charge in [0.1, 0.15) is 5.82 Å². The van der Waals surface area contributed by atoms with Gasteiger partial charge >= 0.3 is 0 Å². The molecule has 1 atom stereocenters. The van der Waals surface area contributed by atoms with Crippen molar-refractivity contribution in [2.75, 3.05) is 5.73 Å². The molecule has 0 unspecified atom stereocenters. The minimum Gasteiger partial charge on any atom is -0.383 e. The highest BCUT2D eigenvalue weighted by Gasteiger charge is 2.12. The Bertz CT molecular complexity index is 383. The largest absolute Gasteiger partial charge is 0.383 e. The smallest absolute Gasteiger partial charge is 0.128 e. The first kappa shape index (κ1) is 11.0. The quantitative estimate of drug-likeness (QED) is 0.840. The molecule has 4 nitrogen and oxygen atoms in total. The lowest BCUT2D eigenvalue weighted by molar-refractivity contribution is 0.745. The average Bonchev–Trinajstić information content (AvgIpc) is 2.11. The molecule has 0 fully saturated rings. The highest BCUT2D eigenvalue weighted by molar-refractivity contribution is 9.10. The first-order valence-electron chi connectivity index (χ1n) is 4.11. The Kier molecular flexibility index (Phi) is 3.44. The van der Waals surface area contributed by atoms with Crippen LogP contribution in [0.4, 0.5) is 5.82 Å². The maximum absolute atomic E-state index is 8.51. The number of nitrogen functional groups attached to an aromatic ring is 1. The van der Waals surface area contributed by atoms with Crippen LogP contribution < -0.4 is 11.5 Å². The van der Waals surface area contributed by atoms with Gasteiger partial charge in [0.15, 0.2) is 0 Å². The van der Waals surface area contributed by atoms with E-state index in [1.807, 2.05) is 19.1 Å². The van der Waals surface area contributed by atoms with Crippen molar-refractivity contribution in [2.24, 2.45) is 5.73 Å². The van der Waals surface area contributed by atoms with E-state index in [9.17, 15) is 0 Å². The highest BCUT2D eigenvalue weighted by atomic mass is 79.9. The van der Waals surface area contributed by atoms with Crippen molar-refractivity contribution >= 4 is 21.7 Å². The molecular formula is C9H11BrN4. The molecule has 0 bridgehead atoms. The zero-order chi connectivity index (χ0) is 10.7. The number of aromatic nitrogens is 1. The third kappa shape index (κ3) is 2.22. The molecule has 1 heterocycles. The van der Waals surface area contributed by atoms with Crippen molar-refractivity contribution in [1.82, 2.24) is 4.98 Å². The molecule has 0 spiro atoms. The van der Waals surface area contributed by atoms with E-state index < -0.39 is 0 Å². The molecule has 0 aliphatic heterocycles. The van der Waals surface area contributed by atoms with Crippen LogP contribution in [0.1, 0.15) is 23.7 Å². The van der Waals surface area contributed by atoms with E-state index in [2.05, 4.69) is 20.9 Å². The van der Waals surface area contributed by atoms with Crippen LogP contribution in [-0.4, -0.2) is 4.98 Å². The van der Waals surface area contributed by atoms with E-state index in [4.69, 9.17) is 16.7 Å². The van der Waals surface area contributed by atoms with Crippen LogP contribution in [0.2, 0.25) is 0 Å². The van der Waals surface area contributed by atoms with E-state index >= 15 is 0 Å². The molecule has 1 rings (SSSR count). The Morgan fingerprint density at radius 2 is 2.36 bits per heavy atom. The van der Waals surface area contributed by atoms with Gasteiger partial charge in [-0.25, -0.2) is 4.98 Å². The number of pyridine rings is 1. The van der Waals surface area contributed by atoms with Crippen molar-refractivity contribution in [3.8, 4) is 6.07 Å². The summed E-state index contributed by atoms with van der Waals surface area (Å²) in [5, 5.41) is 8.51. The van der Waals surface area contributed by atoms with Crippen LogP contribution in [0.5, 0.6) is 0 Å². The summed E-state index contributed by atoms with van der Waals surface area (Å²) in [6.45, 7) is 1.85. The molecule has 0 aromatic carbocycles. The SMILES string of the molecule is Cc1nc(N)c([C@@H](N)CC#N)cc1Br. The fraction of sp³-hybridized carbons (Fsp3) is 0.333. The molecule has 0 amide bonds. The van der Waals surface area contributed by atoms with Gasteiger partial charge in [0.05, 0.1) is 18.2 Å². The summed E-state index contributed by atoms with van der Waals surface area (Å²) >= 11 is 3.34. The zero-order valence-corrected chi connectivity index (χ0v) is 9.37. The summed E-state index contributed by atoms with van der Waals surface area (Å²) in [5.74, 6) is 0.397. The number of nitrogens with zero attached hydrogens (tertiary/aromatic N) is 2. The number of rotatable bonds is 2. The van der Waals surface area contributed by atoms with E-state index in [0.29, 0.717) is 11.4 Å². The first-order chi connectivity index (χ1) is 6.56. The van der Waals surface area contributed by atoms with E-state index in [1.54, 1.807) is 0 Å². The van der Waals surface area contributed by atoms with Gasteiger partial charge in [-0.15, -0.1) is 0 Å². The predicted molar refractivity (Wildman–Crippen MR) is 58.2 cm³/mol. The third-order valence-corrected chi connectivity index (χ3v) is 2.73. The summed E-state index contributed by atoms with van der Waals surface area (Å²) in [7, 11) is 0. The fourth-order valence-electron chi connectivity index (χ4n) is 1.12. The number of hydrogen-bond acceptors (Lipinski definition) is 4. The van der Waals surface area contributed by atoms with E-state index in [1.165, 1.54) is 0 Å². The second-order valence-corrected chi connectivity index (χ2v) is 3.85. The lowest BCUT2D eigenvalue weighted by Gasteiger charge is -2.11. The molecule has 5 heteroatoms.